The summed E-state index contributed by atoms with van der Waals surface area (Å²) >= 11 is 0. The number of benzene rings is 1. The lowest BCUT2D eigenvalue weighted by molar-refractivity contribution is 0.0358. The number of fused-ring (bicyclic) bond motifs is 1. The molecule has 1 aliphatic heterocycles. The fraction of sp³-hybridized carbons (Fsp3) is 0.600. The fourth-order valence-electron chi connectivity index (χ4n) is 4.43. The van der Waals surface area contributed by atoms with E-state index in [2.05, 4.69) is 51.1 Å². The Balaban J connectivity index is 1.55. The number of hydrogen-bond donors (Lipinski definition) is 1. The minimum absolute atomic E-state index is 0.0738. The minimum atomic E-state index is -0.228. The Morgan fingerprint density at radius 2 is 1.97 bits per heavy atom. The molecule has 2 aromatic heterocycles. The van der Waals surface area contributed by atoms with Crippen LogP contribution in [-0.2, 0) is 23.4 Å². The van der Waals surface area contributed by atoms with Gasteiger partial charge in [0.25, 0.3) is 5.56 Å². The largest absolute Gasteiger partial charge is 0.494 e. The highest BCUT2D eigenvalue weighted by atomic mass is 16.5. The Morgan fingerprint density at radius 3 is 2.71 bits per heavy atom. The Kier molecular flexibility index (Phi) is 8.15. The maximum absolute atomic E-state index is 12.9. The molecule has 35 heavy (non-hydrogen) atoms. The van der Waals surface area contributed by atoms with Crippen molar-refractivity contribution in [2.24, 2.45) is 0 Å². The first-order valence-electron chi connectivity index (χ1n) is 12.4. The molecule has 190 valence electrons. The normalized spacial score (nSPS) is 15.2. The highest BCUT2D eigenvalue weighted by Gasteiger charge is 2.22. The summed E-state index contributed by atoms with van der Waals surface area (Å²) in [4.78, 5) is 20.7. The number of hydrogen-bond acceptors (Lipinski definition) is 8. The highest BCUT2D eigenvalue weighted by molar-refractivity contribution is 5.80. The van der Waals surface area contributed by atoms with Crippen LogP contribution in [0.15, 0.2) is 29.1 Å². The summed E-state index contributed by atoms with van der Waals surface area (Å²) in [6.07, 6.45) is 0.983. The van der Waals surface area contributed by atoms with Gasteiger partial charge in [-0.15, -0.1) is 5.10 Å². The molecular weight excluding hydrogens is 446 g/mol. The molecule has 0 bridgehead atoms. The van der Waals surface area contributed by atoms with E-state index in [0.29, 0.717) is 25.3 Å². The molecule has 0 atom stereocenters. The third-order valence-corrected chi connectivity index (χ3v) is 6.18. The van der Waals surface area contributed by atoms with Gasteiger partial charge in [0.1, 0.15) is 5.75 Å². The summed E-state index contributed by atoms with van der Waals surface area (Å²) < 4.78 is 13.0. The number of ether oxygens (including phenoxy) is 2. The SMILES string of the molecule is CCOc1ccc2[nH]c(=O)c(CN(CCCN3CCOCC3)Cc3nnnn3C(C)(C)C)cc2c1. The molecule has 0 spiro atoms. The molecule has 0 amide bonds. The summed E-state index contributed by atoms with van der Waals surface area (Å²) in [5.41, 5.74) is 1.22. The Labute approximate surface area is 206 Å². The molecule has 3 aromatic rings. The zero-order valence-corrected chi connectivity index (χ0v) is 21.3. The molecular formula is C25H37N7O3. The van der Waals surface area contributed by atoms with Gasteiger partial charge in [0, 0.05) is 42.6 Å². The third kappa shape index (κ3) is 6.65. The average Bonchev–Trinajstić information content (AvgIpc) is 3.29. The van der Waals surface area contributed by atoms with Crippen molar-refractivity contribution < 1.29 is 9.47 Å². The van der Waals surface area contributed by atoms with Crippen molar-refractivity contribution in [3.8, 4) is 5.75 Å². The predicted octanol–water partition coefficient (Wildman–Crippen LogP) is 2.39. The minimum Gasteiger partial charge on any atom is -0.494 e. The number of aromatic amines is 1. The molecule has 3 heterocycles. The maximum atomic E-state index is 12.9. The number of H-pyrrole nitrogens is 1. The van der Waals surface area contributed by atoms with Crippen molar-refractivity contribution in [2.75, 3.05) is 46.0 Å². The van der Waals surface area contributed by atoms with Crippen LogP contribution in [0.5, 0.6) is 5.75 Å². The summed E-state index contributed by atoms with van der Waals surface area (Å²) in [7, 11) is 0. The fourth-order valence-corrected chi connectivity index (χ4v) is 4.43. The zero-order chi connectivity index (χ0) is 24.8. The lowest BCUT2D eigenvalue weighted by atomic mass is 10.1. The molecule has 10 nitrogen and oxygen atoms in total. The van der Waals surface area contributed by atoms with E-state index >= 15 is 0 Å². The second-order valence-electron chi connectivity index (χ2n) is 10.0. The predicted molar refractivity (Wildman–Crippen MR) is 135 cm³/mol. The van der Waals surface area contributed by atoms with Gasteiger partial charge in [0.2, 0.25) is 0 Å². The molecule has 1 N–H and O–H groups in total. The van der Waals surface area contributed by atoms with Gasteiger partial charge >= 0.3 is 0 Å². The second-order valence-corrected chi connectivity index (χ2v) is 10.0. The standard InChI is InChI=1S/C25H37N7O3/c1-5-35-21-7-8-22-19(16-21)15-20(24(33)26-22)17-31(10-6-9-30-11-13-34-14-12-30)18-23-27-28-29-32(23)25(2,3)4/h7-8,15-16H,5-6,9-14,17-18H2,1-4H3,(H,26,33). The summed E-state index contributed by atoms with van der Waals surface area (Å²) in [5.74, 6) is 1.59. The van der Waals surface area contributed by atoms with Crippen LogP contribution in [0.25, 0.3) is 10.9 Å². The van der Waals surface area contributed by atoms with Crippen molar-refractivity contribution in [3.63, 3.8) is 0 Å². The molecule has 0 aliphatic carbocycles. The van der Waals surface area contributed by atoms with Crippen LogP contribution in [0.4, 0.5) is 0 Å². The molecule has 4 rings (SSSR count). The highest BCUT2D eigenvalue weighted by Crippen LogP contribution is 2.20. The molecule has 0 radical (unpaired) electrons. The lowest BCUT2D eigenvalue weighted by Gasteiger charge is -2.28. The van der Waals surface area contributed by atoms with Crippen LogP contribution in [-0.4, -0.2) is 81.0 Å². The van der Waals surface area contributed by atoms with Gasteiger partial charge in [0.15, 0.2) is 5.82 Å². The van der Waals surface area contributed by atoms with Gasteiger partial charge < -0.3 is 14.5 Å². The van der Waals surface area contributed by atoms with Crippen molar-refractivity contribution in [1.82, 2.24) is 35.0 Å². The topological polar surface area (TPSA) is 101 Å². The average molecular weight is 484 g/mol. The molecule has 0 unspecified atom stereocenters. The molecule has 1 saturated heterocycles. The van der Waals surface area contributed by atoms with E-state index in [1.54, 1.807) is 0 Å². The van der Waals surface area contributed by atoms with E-state index in [1.165, 1.54) is 0 Å². The summed E-state index contributed by atoms with van der Waals surface area (Å²) in [6.45, 7) is 15.2. The molecule has 1 aliphatic rings. The Hall–Kier alpha value is -2.82. The summed E-state index contributed by atoms with van der Waals surface area (Å²) in [6, 6.07) is 7.72. The van der Waals surface area contributed by atoms with Crippen molar-refractivity contribution in [2.45, 2.75) is 52.7 Å². The van der Waals surface area contributed by atoms with E-state index in [-0.39, 0.29) is 11.1 Å². The van der Waals surface area contributed by atoms with Gasteiger partial charge in [-0.25, -0.2) is 4.68 Å². The molecule has 1 fully saturated rings. The number of nitrogens with zero attached hydrogens (tertiary/aromatic N) is 6. The van der Waals surface area contributed by atoms with E-state index in [9.17, 15) is 4.79 Å². The first-order chi connectivity index (χ1) is 16.8. The Bertz CT molecular complexity index is 1160. The number of tetrazole rings is 1. The van der Waals surface area contributed by atoms with Gasteiger partial charge in [-0.05, 0) is 75.4 Å². The van der Waals surface area contributed by atoms with Crippen LogP contribution in [0.3, 0.4) is 0 Å². The third-order valence-electron chi connectivity index (χ3n) is 6.18. The van der Waals surface area contributed by atoms with Crippen LogP contribution in [0.1, 0.15) is 45.5 Å². The monoisotopic (exact) mass is 483 g/mol. The summed E-state index contributed by atoms with van der Waals surface area (Å²) in [5, 5.41) is 13.4. The van der Waals surface area contributed by atoms with Crippen molar-refractivity contribution >= 4 is 10.9 Å². The lowest BCUT2D eigenvalue weighted by Crippen LogP contribution is -2.38. The Morgan fingerprint density at radius 1 is 1.17 bits per heavy atom. The van der Waals surface area contributed by atoms with Crippen LogP contribution >= 0.6 is 0 Å². The first-order valence-corrected chi connectivity index (χ1v) is 12.4. The second kappa shape index (κ2) is 11.3. The van der Waals surface area contributed by atoms with Crippen LogP contribution < -0.4 is 10.3 Å². The van der Waals surface area contributed by atoms with E-state index in [1.807, 2.05) is 35.9 Å². The molecule has 10 heteroatoms. The van der Waals surface area contributed by atoms with Gasteiger partial charge in [0.05, 0.1) is 31.9 Å². The smallest absolute Gasteiger partial charge is 0.252 e. The molecule has 1 aromatic carbocycles. The van der Waals surface area contributed by atoms with Gasteiger partial charge in [-0.2, -0.15) is 0 Å². The van der Waals surface area contributed by atoms with E-state index < -0.39 is 0 Å². The van der Waals surface area contributed by atoms with E-state index in [0.717, 1.165) is 68.3 Å². The number of rotatable bonds is 10. The number of aromatic nitrogens is 5. The van der Waals surface area contributed by atoms with Crippen molar-refractivity contribution in [1.29, 1.82) is 0 Å². The van der Waals surface area contributed by atoms with Crippen molar-refractivity contribution in [3.05, 3.63) is 46.0 Å². The van der Waals surface area contributed by atoms with Gasteiger partial charge in [-0.3, -0.25) is 14.6 Å². The molecule has 0 saturated carbocycles. The number of morpholine rings is 1. The van der Waals surface area contributed by atoms with Gasteiger partial charge in [-0.1, -0.05) is 0 Å². The van der Waals surface area contributed by atoms with E-state index in [4.69, 9.17) is 9.47 Å². The number of pyridine rings is 1. The first kappa shape index (κ1) is 25.3. The van der Waals surface area contributed by atoms with Crippen LogP contribution in [0.2, 0.25) is 0 Å². The quantitative estimate of drug-likeness (QED) is 0.469. The van der Waals surface area contributed by atoms with Crippen LogP contribution in [0, 0.1) is 0 Å². The maximum Gasteiger partial charge on any atom is 0.252 e. The number of nitrogens with one attached hydrogen (secondary N) is 1. The zero-order valence-electron chi connectivity index (χ0n) is 21.3.